The van der Waals surface area contributed by atoms with E-state index in [4.69, 9.17) is 4.74 Å². The number of carbonyl (C=O) groups is 7. The Morgan fingerprint density at radius 1 is 0.366 bits per heavy atom. The Bertz CT molecular complexity index is 2730. The lowest BCUT2D eigenvalue weighted by Crippen LogP contribution is -2.50. The van der Waals surface area contributed by atoms with Gasteiger partial charge in [0.25, 0.3) is 0 Å². The molecular formula is C88H148O13. The van der Waals surface area contributed by atoms with E-state index < -0.39 is 11.9 Å². The first-order chi connectivity index (χ1) is 46.1. The highest BCUT2D eigenvalue weighted by molar-refractivity contribution is 6.05. The number of hydrogen-bond acceptors (Lipinski definition) is 13. The second kappa shape index (κ2) is 30.7. The van der Waals surface area contributed by atoms with Crippen LogP contribution in [0.5, 0.6) is 0 Å². The molecule has 0 radical (unpaired) electrons. The first-order valence-corrected chi connectivity index (χ1v) is 39.7. The second-order valence-corrected chi connectivity index (χ2v) is 40.4. The Hall–Kier alpha value is -4.03. The third-order valence-corrected chi connectivity index (χ3v) is 34.4. The quantitative estimate of drug-likeness (QED) is 0.0702. The maximum atomic E-state index is 12.3. The summed E-state index contributed by atoms with van der Waals surface area (Å²) in [6, 6.07) is 0. The van der Waals surface area contributed by atoms with Crippen molar-refractivity contribution in [3.8, 4) is 0 Å². The summed E-state index contributed by atoms with van der Waals surface area (Å²) >= 11 is 0. The molecule has 11 fully saturated rings. The van der Waals surface area contributed by atoms with Gasteiger partial charge in [0.2, 0.25) is 0 Å². The van der Waals surface area contributed by atoms with Crippen LogP contribution >= 0.6 is 0 Å². The zero-order chi connectivity index (χ0) is 77.4. The number of rotatable bonds is 9. The molecule has 0 saturated heterocycles. The van der Waals surface area contributed by atoms with Crippen LogP contribution in [0.15, 0.2) is 24.3 Å². The van der Waals surface area contributed by atoms with Crippen LogP contribution in [0.3, 0.4) is 0 Å². The van der Waals surface area contributed by atoms with Crippen molar-refractivity contribution in [3.05, 3.63) is 24.3 Å². The molecule has 0 spiro atoms. The number of cyclic esters (lactones) is 2. The molecule has 0 aromatic rings. The molecule has 1 heterocycles. The number of carbonyl (C=O) groups excluding carboxylic acids is 7. The number of ether oxygens (including phenoxy) is 6. The summed E-state index contributed by atoms with van der Waals surface area (Å²) in [7, 11) is 7.24. The number of methoxy groups -OCH3 is 5. The van der Waals surface area contributed by atoms with Gasteiger partial charge in [-0.1, -0.05) is 158 Å². The number of allylic oxidation sites excluding steroid dienone is 2. The van der Waals surface area contributed by atoms with Gasteiger partial charge in [0.1, 0.15) is 0 Å². The zero-order valence-electron chi connectivity index (χ0n) is 70.4. The third-order valence-electron chi connectivity index (χ3n) is 34.4. The predicted octanol–water partition coefficient (Wildman–Crippen LogP) is 19.6. The third kappa shape index (κ3) is 14.7. The van der Waals surface area contributed by atoms with Gasteiger partial charge < -0.3 is 28.4 Å². The van der Waals surface area contributed by atoms with E-state index in [0.29, 0.717) is 57.2 Å². The lowest BCUT2D eigenvalue weighted by molar-refractivity contribution is -0.162. The van der Waals surface area contributed by atoms with Gasteiger partial charge in [0, 0.05) is 12.2 Å². The summed E-state index contributed by atoms with van der Waals surface area (Å²) in [5.74, 6) is 21.6. The Balaban J connectivity index is 0.000000186. The molecule has 0 aromatic carbocycles. The maximum Gasteiger partial charge on any atom is 0.338 e. The summed E-state index contributed by atoms with van der Waals surface area (Å²) in [6.45, 7) is 66.5. The van der Waals surface area contributed by atoms with Gasteiger partial charge in [-0.25, -0.2) is 9.59 Å². The summed E-state index contributed by atoms with van der Waals surface area (Å²) in [5.41, 5.74) is 0.670. The molecule has 0 aromatic heterocycles. The molecule has 578 valence electrons. The fourth-order valence-corrected chi connectivity index (χ4v) is 23.2. The fourth-order valence-electron chi connectivity index (χ4n) is 23.2. The molecule has 13 nitrogen and oxygen atoms in total. The highest BCUT2D eigenvalue weighted by Crippen LogP contribution is 2.80. The molecule has 11 saturated carbocycles. The lowest BCUT2D eigenvalue weighted by atomic mass is 9.50. The average Bonchev–Trinajstić information content (AvgIpc) is 1.52. The lowest BCUT2D eigenvalue weighted by Gasteiger charge is -2.55. The zero-order valence-corrected chi connectivity index (χ0v) is 70.4. The molecule has 0 amide bonds. The standard InChI is InChI=1S/2C18H30.C16H22O2.4C8H16O2.C4H2O3/c2*1-9-10(2)12-7-11(9)15-13-8-14(16(12)15)18(5,6)17(13,3)4;1-8-11-7-12(16(8,2)15(17)18-3)14-10-5-4-9(6-10)13(11)14;4*1-6(2)8(3,4)7(9)10-5;5-3-1-2-4(6)7-3/h2*9-16H,7-8H2,1-6H3;4-5,8-14H,6-7H2,1-3H3;4*6H,1-5H3;1-2H. The molecule has 1 aliphatic heterocycles. The van der Waals surface area contributed by atoms with Crippen LogP contribution in [0.25, 0.3) is 0 Å². The van der Waals surface area contributed by atoms with Gasteiger partial charge in [-0.05, 0) is 282 Å². The van der Waals surface area contributed by atoms with Crippen molar-refractivity contribution in [1.82, 2.24) is 0 Å². The van der Waals surface area contributed by atoms with E-state index in [2.05, 4.69) is 133 Å². The van der Waals surface area contributed by atoms with E-state index in [-0.39, 0.29) is 56.9 Å². The topological polar surface area (TPSA) is 175 Å². The highest BCUT2D eigenvalue weighted by Gasteiger charge is 2.75. The van der Waals surface area contributed by atoms with E-state index >= 15 is 0 Å². The first kappa shape index (κ1) is 85.9. The summed E-state index contributed by atoms with van der Waals surface area (Å²) in [4.78, 5) is 76.3. The predicted molar refractivity (Wildman–Crippen MR) is 404 cm³/mol. The maximum absolute atomic E-state index is 12.3. The van der Waals surface area contributed by atoms with Crippen LogP contribution in [0.1, 0.15) is 246 Å². The van der Waals surface area contributed by atoms with Gasteiger partial charge in [-0.3, -0.25) is 24.0 Å². The van der Waals surface area contributed by atoms with E-state index in [0.717, 1.165) is 136 Å². The van der Waals surface area contributed by atoms with Crippen molar-refractivity contribution in [1.29, 1.82) is 0 Å². The Morgan fingerprint density at radius 2 is 0.624 bits per heavy atom. The van der Waals surface area contributed by atoms with E-state index in [1.54, 1.807) is 32.8 Å². The molecule has 24 atom stereocenters. The van der Waals surface area contributed by atoms with Gasteiger partial charge in [0.15, 0.2) is 0 Å². The molecule has 12 aliphatic carbocycles. The van der Waals surface area contributed by atoms with E-state index in [1.807, 2.05) is 111 Å². The SMILES string of the molecule is CC1C(C)C2CC1C1C2C2CC1C(C)(C)C2(C)C.CC1C(C)C2CC1C1C2C2CC1C(C)(C)C2(C)C.COC(=O)C(C)(C)C(C)C.COC(=O)C(C)(C)C(C)C.COC(=O)C(C)(C)C(C)C.COC(=O)C(C)(C)C(C)C.COC(=O)C1(C)C(C)C2CC1C1C3C=CC(C3)C21.O=C1C=CC(=O)O1. The minimum absolute atomic E-state index is 0.0349. The summed E-state index contributed by atoms with van der Waals surface area (Å²) < 4.78 is 27.7. The van der Waals surface area contributed by atoms with Crippen LogP contribution in [0.4, 0.5) is 0 Å². The minimum Gasteiger partial charge on any atom is -0.469 e. The van der Waals surface area contributed by atoms with Crippen LogP contribution in [-0.2, 0) is 62.0 Å². The van der Waals surface area contributed by atoms with Crippen molar-refractivity contribution in [2.24, 2.45) is 209 Å². The van der Waals surface area contributed by atoms with Crippen molar-refractivity contribution in [2.75, 3.05) is 35.5 Å². The van der Waals surface area contributed by atoms with Crippen molar-refractivity contribution in [2.45, 2.75) is 246 Å². The molecule has 13 rings (SSSR count). The van der Waals surface area contributed by atoms with Gasteiger partial charge in [0.05, 0.1) is 62.6 Å². The summed E-state index contributed by atoms with van der Waals surface area (Å²) in [5, 5.41) is 0. The summed E-state index contributed by atoms with van der Waals surface area (Å²) in [6.07, 6.45) is 15.9. The molecule has 24 unspecified atom stereocenters. The van der Waals surface area contributed by atoms with Crippen LogP contribution in [0, 0.1) is 209 Å². The fraction of sp³-hybridized carbons (Fsp3) is 0.875. The Kier molecular flexibility index (Phi) is 26.1. The smallest absolute Gasteiger partial charge is 0.338 e. The van der Waals surface area contributed by atoms with Gasteiger partial charge in [-0.15, -0.1) is 0 Å². The molecule has 12 bridgehead atoms. The first-order valence-electron chi connectivity index (χ1n) is 39.7. The van der Waals surface area contributed by atoms with Crippen LogP contribution < -0.4 is 0 Å². The molecule has 101 heavy (non-hydrogen) atoms. The monoisotopic (exact) mass is 1410 g/mol. The Morgan fingerprint density at radius 3 is 0.832 bits per heavy atom. The number of esters is 7. The number of fused-ring (bicyclic) bond motifs is 27. The van der Waals surface area contributed by atoms with Gasteiger partial charge >= 0.3 is 41.8 Å². The minimum atomic E-state index is -0.579. The van der Waals surface area contributed by atoms with Crippen molar-refractivity contribution < 1.29 is 62.0 Å². The van der Waals surface area contributed by atoms with Crippen molar-refractivity contribution in [3.63, 3.8) is 0 Å². The van der Waals surface area contributed by atoms with E-state index in [1.165, 1.54) is 41.3 Å². The molecule has 13 heteroatoms. The average molecular weight is 1410 g/mol. The molecular weight excluding hydrogens is 1260 g/mol. The molecule has 13 aliphatic rings. The van der Waals surface area contributed by atoms with Gasteiger partial charge in [-0.2, -0.15) is 0 Å². The Labute approximate surface area is 615 Å². The normalized spacial score (nSPS) is 38.7. The number of hydrogen-bond donors (Lipinski definition) is 0. The highest BCUT2D eigenvalue weighted by atomic mass is 16.6. The second-order valence-electron chi connectivity index (χ2n) is 40.4. The van der Waals surface area contributed by atoms with E-state index in [9.17, 15) is 33.6 Å². The largest absolute Gasteiger partial charge is 0.469 e. The van der Waals surface area contributed by atoms with Crippen LogP contribution in [-0.4, -0.2) is 77.3 Å². The molecule has 0 N–H and O–H groups in total. The van der Waals surface area contributed by atoms with Crippen molar-refractivity contribution >= 4 is 41.8 Å². The van der Waals surface area contributed by atoms with Crippen LogP contribution in [0.2, 0.25) is 0 Å².